The van der Waals surface area contributed by atoms with E-state index in [9.17, 15) is 14.0 Å². The minimum atomic E-state index is -0.307. The molecule has 0 heterocycles. The summed E-state index contributed by atoms with van der Waals surface area (Å²) in [6.07, 6.45) is 0. The number of benzene rings is 2. The zero-order chi connectivity index (χ0) is 19.1. The predicted molar refractivity (Wildman–Crippen MR) is 99.6 cm³/mol. The van der Waals surface area contributed by atoms with Gasteiger partial charge in [0.1, 0.15) is 5.82 Å². The fourth-order valence-electron chi connectivity index (χ4n) is 2.42. The fraction of sp³-hybridized carbons (Fsp3) is 0.263. The van der Waals surface area contributed by atoms with Gasteiger partial charge >= 0.3 is 0 Å². The molecule has 0 saturated heterocycles. The standard InChI is InChI=1S/C19H21ClFN3O2/c1-23(12-18(25)22-17-9-5-15(20)6-10-17)13-19(26)24(2)11-14-3-7-16(21)8-4-14/h3-10H,11-13H2,1-2H3,(H,22,25)/p+1. The molecule has 0 saturated carbocycles. The smallest absolute Gasteiger partial charge is 0.279 e. The van der Waals surface area contributed by atoms with Crippen molar-refractivity contribution >= 4 is 29.1 Å². The van der Waals surface area contributed by atoms with Crippen LogP contribution in [-0.2, 0) is 16.1 Å². The van der Waals surface area contributed by atoms with Gasteiger partial charge in [-0.15, -0.1) is 0 Å². The molecule has 0 aliphatic heterocycles. The molecule has 2 amide bonds. The van der Waals surface area contributed by atoms with E-state index in [2.05, 4.69) is 5.32 Å². The molecule has 1 unspecified atom stereocenters. The largest absolute Gasteiger partial charge is 0.337 e. The van der Waals surface area contributed by atoms with E-state index in [4.69, 9.17) is 11.6 Å². The van der Waals surface area contributed by atoms with Crippen LogP contribution in [0.1, 0.15) is 5.56 Å². The molecule has 0 aromatic heterocycles. The van der Waals surface area contributed by atoms with Crippen LogP contribution in [-0.4, -0.2) is 43.9 Å². The summed E-state index contributed by atoms with van der Waals surface area (Å²) in [6, 6.07) is 12.9. The summed E-state index contributed by atoms with van der Waals surface area (Å²) >= 11 is 5.81. The Balaban J connectivity index is 1.79. The predicted octanol–water partition coefficient (Wildman–Crippen LogP) is 1.59. The highest BCUT2D eigenvalue weighted by molar-refractivity contribution is 6.30. The topological polar surface area (TPSA) is 53.9 Å². The number of hydrogen-bond acceptors (Lipinski definition) is 2. The molecule has 0 aliphatic rings. The van der Waals surface area contributed by atoms with Gasteiger partial charge in [-0.2, -0.15) is 0 Å². The van der Waals surface area contributed by atoms with Crippen LogP contribution in [0.5, 0.6) is 0 Å². The summed E-state index contributed by atoms with van der Waals surface area (Å²) in [7, 11) is 3.47. The number of likely N-dealkylation sites (N-methyl/N-ethyl adjacent to an activating group) is 2. The molecule has 2 aromatic rings. The van der Waals surface area contributed by atoms with Crippen molar-refractivity contribution in [3.8, 4) is 0 Å². The van der Waals surface area contributed by atoms with Crippen LogP contribution < -0.4 is 10.2 Å². The van der Waals surface area contributed by atoms with Crippen molar-refractivity contribution in [2.75, 3.05) is 32.5 Å². The van der Waals surface area contributed by atoms with Crippen LogP contribution in [0.2, 0.25) is 5.02 Å². The second kappa shape index (κ2) is 9.31. The maximum atomic E-state index is 12.9. The lowest BCUT2D eigenvalue weighted by atomic mass is 10.2. The summed E-state index contributed by atoms with van der Waals surface area (Å²) in [5.41, 5.74) is 1.51. The van der Waals surface area contributed by atoms with Crippen molar-refractivity contribution in [1.29, 1.82) is 0 Å². The minimum Gasteiger partial charge on any atom is -0.337 e. The molecule has 5 nitrogen and oxygen atoms in total. The van der Waals surface area contributed by atoms with E-state index in [-0.39, 0.29) is 30.7 Å². The Morgan fingerprint density at radius 2 is 1.69 bits per heavy atom. The highest BCUT2D eigenvalue weighted by atomic mass is 35.5. The van der Waals surface area contributed by atoms with Gasteiger partial charge in [-0.3, -0.25) is 9.59 Å². The number of halogens is 2. The minimum absolute atomic E-state index is 0.0916. The number of nitrogens with zero attached hydrogens (tertiary/aromatic N) is 1. The van der Waals surface area contributed by atoms with Crippen LogP contribution in [0.15, 0.2) is 48.5 Å². The molecule has 0 bridgehead atoms. The van der Waals surface area contributed by atoms with Gasteiger partial charge in [0.25, 0.3) is 11.8 Å². The fourth-order valence-corrected chi connectivity index (χ4v) is 2.55. The molecular formula is C19H22ClFN3O2+. The van der Waals surface area contributed by atoms with Crippen molar-refractivity contribution in [3.63, 3.8) is 0 Å². The number of amides is 2. The van der Waals surface area contributed by atoms with Gasteiger partial charge in [0.2, 0.25) is 0 Å². The molecule has 0 spiro atoms. The number of hydrogen-bond donors (Lipinski definition) is 2. The van der Waals surface area contributed by atoms with E-state index in [0.29, 0.717) is 17.3 Å². The first-order valence-corrected chi connectivity index (χ1v) is 8.56. The lowest BCUT2D eigenvalue weighted by Gasteiger charge is -2.20. The molecule has 0 radical (unpaired) electrons. The summed E-state index contributed by atoms with van der Waals surface area (Å²) in [6.45, 7) is 0.744. The van der Waals surface area contributed by atoms with Gasteiger partial charge in [0, 0.05) is 24.3 Å². The quantitative estimate of drug-likeness (QED) is 0.768. The molecule has 1 atom stereocenters. The first kappa shape index (κ1) is 19.9. The van der Waals surface area contributed by atoms with Crippen LogP contribution in [0.4, 0.5) is 10.1 Å². The number of anilines is 1. The Morgan fingerprint density at radius 3 is 2.31 bits per heavy atom. The second-order valence-corrected chi connectivity index (χ2v) is 6.68. The number of carbonyl (C=O) groups excluding carboxylic acids is 2. The first-order chi connectivity index (χ1) is 12.3. The monoisotopic (exact) mass is 378 g/mol. The molecule has 2 aromatic carbocycles. The molecule has 0 aliphatic carbocycles. The van der Waals surface area contributed by atoms with Crippen molar-refractivity contribution in [3.05, 3.63) is 64.9 Å². The Hall–Kier alpha value is -2.44. The van der Waals surface area contributed by atoms with E-state index in [1.54, 1.807) is 55.4 Å². The SMILES string of the molecule is CN(Cc1ccc(F)cc1)C(=O)C[NH+](C)CC(=O)Nc1ccc(Cl)cc1. The maximum absolute atomic E-state index is 12.9. The van der Waals surface area contributed by atoms with Gasteiger partial charge in [-0.1, -0.05) is 23.7 Å². The zero-order valence-corrected chi connectivity index (χ0v) is 15.5. The van der Waals surface area contributed by atoms with Crippen molar-refractivity contribution < 1.29 is 18.9 Å². The Morgan fingerprint density at radius 1 is 1.08 bits per heavy atom. The Kier molecular flexibility index (Phi) is 7.12. The molecule has 0 fully saturated rings. The third-order valence-corrected chi connectivity index (χ3v) is 4.05. The van der Waals surface area contributed by atoms with Gasteiger partial charge in [-0.25, -0.2) is 4.39 Å². The molecule has 7 heteroatoms. The summed E-state index contributed by atoms with van der Waals surface area (Å²) in [4.78, 5) is 26.7. The zero-order valence-electron chi connectivity index (χ0n) is 14.8. The van der Waals surface area contributed by atoms with Gasteiger partial charge in [-0.05, 0) is 42.0 Å². The Labute approximate surface area is 157 Å². The van der Waals surface area contributed by atoms with Crippen LogP contribution in [0.25, 0.3) is 0 Å². The van der Waals surface area contributed by atoms with E-state index >= 15 is 0 Å². The Bertz CT molecular complexity index is 750. The number of quaternary nitrogens is 1. The summed E-state index contributed by atoms with van der Waals surface area (Å²) < 4.78 is 12.9. The molecule has 2 N–H and O–H groups in total. The maximum Gasteiger partial charge on any atom is 0.279 e. The lowest BCUT2D eigenvalue weighted by molar-refractivity contribution is -0.862. The van der Waals surface area contributed by atoms with Gasteiger partial charge < -0.3 is 15.1 Å². The summed E-state index contributed by atoms with van der Waals surface area (Å²) in [5.74, 6) is -0.580. The molecular weight excluding hydrogens is 357 g/mol. The average molecular weight is 379 g/mol. The van der Waals surface area contributed by atoms with Crippen LogP contribution in [0.3, 0.4) is 0 Å². The molecule has 138 valence electrons. The van der Waals surface area contributed by atoms with Crippen molar-refractivity contribution in [2.24, 2.45) is 0 Å². The lowest BCUT2D eigenvalue weighted by Crippen LogP contribution is -3.11. The van der Waals surface area contributed by atoms with Crippen molar-refractivity contribution in [1.82, 2.24) is 4.90 Å². The van der Waals surface area contributed by atoms with Gasteiger partial charge in [0.05, 0.1) is 7.05 Å². The van der Waals surface area contributed by atoms with Crippen molar-refractivity contribution in [2.45, 2.75) is 6.54 Å². The first-order valence-electron chi connectivity index (χ1n) is 8.18. The van der Waals surface area contributed by atoms with E-state index < -0.39 is 0 Å². The third-order valence-electron chi connectivity index (χ3n) is 3.80. The number of nitrogens with one attached hydrogen (secondary N) is 2. The van der Waals surface area contributed by atoms with Crippen LogP contribution in [0, 0.1) is 5.82 Å². The number of carbonyl (C=O) groups is 2. The van der Waals surface area contributed by atoms with Crippen LogP contribution >= 0.6 is 11.6 Å². The third kappa shape index (κ3) is 6.46. The van der Waals surface area contributed by atoms with E-state index in [0.717, 1.165) is 10.5 Å². The van der Waals surface area contributed by atoms with E-state index in [1.165, 1.54) is 12.1 Å². The van der Waals surface area contributed by atoms with E-state index in [1.807, 2.05) is 0 Å². The van der Waals surface area contributed by atoms with Gasteiger partial charge in [0.15, 0.2) is 13.1 Å². The highest BCUT2D eigenvalue weighted by Gasteiger charge is 2.17. The normalized spacial score (nSPS) is 11.7. The number of rotatable bonds is 7. The molecule has 26 heavy (non-hydrogen) atoms. The average Bonchev–Trinajstić information content (AvgIpc) is 2.58. The summed E-state index contributed by atoms with van der Waals surface area (Å²) in [5, 5.41) is 3.37. The molecule has 2 rings (SSSR count). The second-order valence-electron chi connectivity index (χ2n) is 6.24. The highest BCUT2D eigenvalue weighted by Crippen LogP contribution is 2.12.